The van der Waals surface area contributed by atoms with Crippen LogP contribution >= 0.6 is 11.3 Å². The highest BCUT2D eigenvalue weighted by Gasteiger charge is 2.21. The molecule has 8 nitrogen and oxygen atoms in total. The number of carbonyl (C=O) groups is 1. The molecule has 1 amide bonds. The van der Waals surface area contributed by atoms with Crippen LogP contribution in [0.1, 0.15) is 63.2 Å². The topological polar surface area (TPSA) is 94.8 Å². The quantitative estimate of drug-likeness (QED) is 0.407. The van der Waals surface area contributed by atoms with Crippen molar-refractivity contribution in [2.75, 3.05) is 12.4 Å². The van der Waals surface area contributed by atoms with Gasteiger partial charge < -0.3 is 10.1 Å². The highest BCUT2D eigenvalue weighted by atomic mass is 32.1. The maximum Gasteiger partial charge on any atom is 0.297 e. The molecule has 35 heavy (non-hydrogen) atoms. The Balaban J connectivity index is 1.25. The van der Waals surface area contributed by atoms with E-state index in [1.54, 1.807) is 18.4 Å². The number of ether oxygens (including phenoxy) is 1. The molecule has 1 N–H and O–H groups in total. The number of tetrazole rings is 1. The third-order valence-electron chi connectivity index (χ3n) is 5.98. The Morgan fingerprint density at radius 3 is 2.77 bits per heavy atom. The molecule has 1 saturated carbocycles. The summed E-state index contributed by atoms with van der Waals surface area (Å²) >= 11 is 1.58. The first-order valence-corrected chi connectivity index (χ1v) is 12.3. The van der Waals surface area contributed by atoms with Gasteiger partial charge in [0.05, 0.1) is 19.3 Å². The molecule has 0 atom stereocenters. The van der Waals surface area contributed by atoms with Crippen LogP contribution in [-0.2, 0) is 6.54 Å². The maximum absolute atomic E-state index is 12.8. The van der Waals surface area contributed by atoms with E-state index in [0.717, 1.165) is 33.1 Å². The number of rotatable bonds is 6. The van der Waals surface area contributed by atoms with Crippen molar-refractivity contribution in [3.05, 3.63) is 81.1 Å². The third kappa shape index (κ3) is 5.39. The number of benzene rings is 2. The van der Waals surface area contributed by atoms with E-state index in [2.05, 4.69) is 42.9 Å². The van der Waals surface area contributed by atoms with Gasteiger partial charge in [-0.2, -0.15) is 4.80 Å². The van der Waals surface area contributed by atoms with E-state index in [1.807, 2.05) is 49.4 Å². The molecule has 1 fully saturated rings. The van der Waals surface area contributed by atoms with Crippen LogP contribution in [0.25, 0.3) is 0 Å². The number of thiazole rings is 1. The fraction of sp³-hybridized carbons (Fsp3) is 0.269. The van der Waals surface area contributed by atoms with Crippen molar-refractivity contribution in [2.45, 2.75) is 38.6 Å². The molecule has 1 aliphatic rings. The molecule has 0 saturated heterocycles. The Labute approximate surface area is 207 Å². The van der Waals surface area contributed by atoms with Gasteiger partial charge >= 0.3 is 0 Å². The van der Waals surface area contributed by atoms with E-state index >= 15 is 0 Å². The monoisotopic (exact) mass is 484 g/mol. The van der Waals surface area contributed by atoms with Crippen molar-refractivity contribution in [1.82, 2.24) is 25.2 Å². The first kappa shape index (κ1) is 22.7. The molecule has 0 aliphatic heterocycles. The fourth-order valence-electron chi connectivity index (χ4n) is 3.67. The summed E-state index contributed by atoms with van der Waals surface area (Å²) < 4.78 is 5.17. The first-order chi connectivity index (χ1) is 17.1. The average molecular weight is 485 g/mol. The molecular weight excluding hydrogens is 460 g/mol. The molecule has 176 valence electrons. The van der Waals surface area contributed by atoms with Crippen molar-refractivity contribution in [1.29, 1.82) is 0 Å². The van der Waals surface area contributed by atoms with Crippen molar-refractivity contribution in [2.24, 2.45) is 0 Å². The van der Waals surface area contributed by atoms with Crippen molar-refractivity contribution in [3.63, 3.8) is 0 Å². The zero-order chi connectivity index (χ0) is 24.2. The second kappa shape index (κ2) is 10.1. The lowest BCUT2D eigenvalue weighted by molar-refractivity contribution is 0.101. The molecule has 2 heterocycles. The van der Waals surface area contributed by atoms with E-state index in [9.17, 15) is 4.79 Å². The molecule has 9 heteroatoms. The molecule has 0 radical (unpaired) electrons. The lowest BCUT2D eigenvalue weighted by Gasteiger charge is -2.22. The zero-order valence-corrected chi connectivity index (χ0v) is 20.3. The van der Waals surface area contributed by atoms with E-state index in [4.69, 9.17) is 4.74 Å². The molecule has 2 aromatic heterocycles. The summed E-state index contributed by atoms with van der Waals surface area (Å²) in [6.45, 7) is 2.32. The summed E-state index contributed by atoms with van der Waals surface area (Å²) in [5.74, 6) is 7.26. The molecule has 0 bridgehead atoms. The summed E-state index contributed by atoms with van der Waals surface area (Å²) in [5.41, 5.74) is 4.49. The van der Waals surface area contributed by atoms with Gasteiger partial charge in [-0.05, 0) is 66.3 Å². The Morgan fingerprint density at radius 2 is 2.03 bits per heavy atom. The van der Waals surface area contributed by atoms with Gasteiger partial charge in [0.1, 0.15) is 5.75 Å². The first-order valence-electron chi connectivity index (χ1n) is 11.4. The Hall–Kier alpha value is -4.03. The summed E-state index contributed by atoms with van der Waals surface area (Å²) in [5, 5.41) is 17.9. The van der Waals surface area contributed by atoms with Crippen LogP contribution in [0, 0.1) is 18.8 Å². The third-order valence-corrected chi connectivity index (χ3v) is 6.76. The minimum Gasteiger partial charge on any atom is -0.497 e. The van der Waals surface area contributed by atoms with Gasteiger partial charge in [-0.15, -0.1) is 21.5 Å². The lowest BCUT2D eigenvalue weighted by atomic mass is 9.83. The summed E-state index contributed by atoms with van der Waals surface area (Å²) in [7, 11) is 1.62. The molecule has 5 rings (SSSR count). The lowest BCUT2D eigenvalue weighted by Crippen LogP contribution is -2.15. The van der Waals surface area contributed by atoms with Gasteiger partial charge in [-0.25, -0.2) is 4.98 Å². The highest BCUT2D eigenvalue weighted by Crippen LogP contribution is 2.36. The maximum atomic E-state index is 12.8. The summed E-state index contributed by atoms with van der Waals surface area (Å²) in [4.78, 5) is 18.8. The molecule has 0 spiro atoms. The van der Waals surface area contributed by atoms with Crippen LogP contribution in [-0.4, -0.2) is 38.2 Å². The van der Waals surface area contributed by atoms with Crippen LogP contribution in [0.5, 0.6) is 5.75 Å². The predicted octanol–water partition coefficient (Wildman–Crippen LogP) is 4.41. The minimum atomic E-state index is -0.427. The van der Waals surface area contributed by atoms with Crippen LogP contribution in [0.2, 0.25) is 0 Å². The number of hydrogen-bond acceptors (Lipinski definition) is 7. The van der Waals surface area contributed by atoms with E-state index < -0.39 is 5.91 Å². The fourth-order valence-corrected chi connectivity index (χ4v) is 4.41. The van der Waals surface area contributed by atoms with Crippen LogP contribution in [0.3, 0.4) is 0 Å². The largest absolute Gasteiger partial charge is 0.497 e. The SMILES string of the molecule is COc1ccc(Cn2nnc(C(=O)Nc3cc(C#Cc4nc(C5CCC5)cs4)ccc3C)n2)cc1. The number of aryl methyl sites for hydroxylation is 1. The normalized spacial score (nSPS) is 13.0. The van der Waals surface area contributed by atoms with E-state index in [1.165, 1.54) is 24.1 Å². The minimum absolute atomic E-state index is 0.000656. The number of anilines is 1. The van der Waals surface area contributed by atoms with Crippen LogP contribution in [0.4, 0.5) is 5.69 Å². The number of amides is 1. The molecule has 4 aromatic rings. The van der Waals surface area contributed by atoms with E-state index in [-0.39, 0.29) is 5.82 Å². The van der Waals surface area contributed by atoms with Gasteiger partial charge in [-0.3, -0.25) is 4.79 Å². The van der Waals surface area contributed by atoms with Gasteiger partial charge in [0, 0.05) is 22.5 Å². The van der Waals surface area contributed by atoms with E-state index in [0.29, 0.717) is 18.2 Å². The standard InChI is InChI=1S/C26H24N6O2S/c1-17-6-7-18(10-13-24-27-23(16-35-24)20-4-3-5-20)14-22(17)28-26(33)25-29-31-32(30-25)15-19-8-11-21(34-2)12-9-19/h6-9,11-12,14,16,20H,3-5,15H2,1-2H3,(H,28,33). The Morgan fingerprint density at radius 1 is 1.20 bits per heavy atom. The number of hydrogen-bond donors (Lipinski definition) is 1. The summed E-state index contributed by atoms with van der Waals surface area (Å²) in [6, 6.07) is 13.3. The molecule has 2 aromatic carbocycles. The van der Waals surface area contributed by atoms with Crippen LogP contribution < -0.4 is 10.1 Å². The van der Waals surface area contributed by atoms with Gasteiger partial charge in [-0.1, -0.05) is 30.5 Å². The predicted molar refractivity (Wildman–Crippen MR) is 134 cm³/mol. The van der Waals surface area contributed by atoms with Crippen molar-refractivity contribution >= 4 is 22.9 Å². The number of nitrogens with one attached hydrogen (secondary N) is 1. The van der Waals surface area contributed by atoms with Crippen molar-refractivity contribution < 1.29 is 9.53 Å². The Kier molecular flexibility index (Phi) is 6.55. The van der Waals surface area contributed by atoms with Crippen molar-refractivity contribution in [3.8, 4) is 17.6 Å². The van der Waals surface area contributed by atoms with Gasteiger partial charge in [0.25, 0.3) is 11.7 Å². The summed E-state index contributed by atoms with van der Waals surface area (Å²) in [6.07, 6.45) is 3.74. The van der Waals surface area contributed by atoms with Crippen LogP contribution in [0.15, 0.2) is 47.8 Å². The Bertz CT molecular complexity index is 1410. The molecular formula is C26H24N6O2S. The number of nitrogens with zero attached hydrogens (tertiary/aromatic N) is 5. The number of aromatic nitrogens is 5. The second-order valence-electron chi connectivity index (χ2n) is 8.43. The highest BCUT2D eigenvalue weighted by molar-refractivity contribution is 7.10. The molecule has 0 unspecified atom stereocenters. The number of methoxy groups -OCH3 is 1. The van der Waals surface area contributed by atoms with Gasteiger partial charge in [0.2, 0.25) is 0 Å². The average Bonchev–Trinajstić information content (AvgIpc) is 3.49. The molecule has 1 aliphatic carbocycles. The zero-order valence-electron chi connectivity index (χ0n) is 19.5. The second-order valence-corrected chi connectivity index (χ2v) is 9.29. The smallest absolute Gasteiger partial charge is 0.297 e. The number of carbonyl (C=O) groups excluding carboxylic acids is 1. The van der Waals surface area contributed by atoms with Gasteiger partial charge in [0.15, 0.2) is 5.01 Å².